The summed E-state index contributed by atoms with van der Waals surface area (Å²) in [6.45, 7) is 0. The van der Waals surface area contributed by atoms with Crippen molar-refractivity contribution in [2.24, 2.45) is 0 Å². The molecule has 1 aromatic heterocycles. The zero-order valence-electron chi connectivity index (χ0n) is 11.2. The van der Waals surface area contributed by atoms with Gasteiger partial charge in [-0.1, -0.05) is 11.6 Å². The highest BCUT2D eigenvalue weighted by Gasteiger charge is 2.29. The second-order valence-corrected chi connectivity index (χ2v) is 5.60. The van der Waals surface area contributed by atoms with Crippen molar-refractivity contribution in [2.75, 3.05) is 5.32 Å². The SMILES string of the molecule is N#CSc1ccc(Nc2cc(Cl)c3nonc3c2[N+](=O)O)cc1. The van der Waals surface area contributed by atoms with Crippen molar-refractivity contribution in [2.45, 2.75) is 4.90 Å². The van der Waals surface area contributed by atoms with Crippen molar-refractivity contribution >= 4 is 51.5 Å². The van der Waals surface area contributed by atoms with Gasteiger partial charge in [0.1, 0.15) is 11.1 Å². The van der Waals surface area contributed by atoms with E-state index in [4.69, 9.17) is 16.9 Å². The number of hydrogen-bond acceptors (Lipinski definition) is 7. The number of thioether (sulfide) groups is 1. The highest BCUT2D eigenvalue weighted by Crippen LogP contribution is 2.37. The smallest absolute Gasteiger partial charge is 0.350 e. The van der Waals surface area contributed by atoms with Crippen LogP contribution in [0.4, 0.5) is 17.1 Å². The molecular formula is C13H7ClN5O3S+. The van der Waals surface area contributed by atoms with E-state index < -0.39 is 0 Å². The fourth-order valence-corrected chi connectivity index (χ4v) is 2.61. The molecular weight excluding hydrogens is 342 g/mol. The third kappa shape index (κ3) is 2.90. The van der Waals surface area contributed by atoms with Gasteiger partial charge in [0.2, 0.25) is 5.52 Å². The summed E-state index contributed by atoms with van der Waals surface area (Å²) in [4.78, 5) is 11.9. The van der Waals surface area contributed by atoms with Crippen LogP contribution in [0.5, 0.6) is 0 Å². The molecule has 0 aliphatic rings. The molecule has 1 heterocycles. The summed E-state index contributed by atoms with van der Waals surface area (Å²) in [6, 6.07) is 8.34. The summed E-state index contributed by atoms with van der Waals surface area (Å²) in [7, 11) is 0. The van der Waals surface area contributed by atoms with E-state index in [1.54, 1.807) is 24.3 Å². The van der Waals surface area contributed by atoms with E-state index in [2.05, 4.69) is 20.3 Å². The Morgan fingerprint density at radius 2 is 2.00 bits per heavy atom. The fourth-order valence-electron chi connectivity index (χ4n) is 2.00. The Bertz CT molecular complexity index is 935. The number of anilines is 2. The molecule has 3 aromatic rings. The lowest BCUT2D eigenvalue weighted by molar-refractivity contribution is -0.728. The molecule has 8 nitrogen and oxygen atoms in total. The first-order chi connectivity index (χ1) is 11.1. The van der Waals surface area contributed by atoms with Gasteiger partial charge >= 0.3 is 5.69 Å². The summed E-state index contributed by atoms with van der Waals surface area (Å²) in [5, 5.41) is 30.3. The number of fused-ring (bicyclic) bond motifs is 1. The number of benzene rings is 2. The van der Waals surface area contributed by atoms with Gasteiger partial charge in [0.25, 0.3) is 4.92 Å². The standard InChI is InChI=1S/C13H7ClN5O3S/c14-9-5-10(13(19(20)21)12-11(9)17-22-18-12)16-7-1-3-8(4-2-7)23-6-15/h1-5,16H,(H,20,21)/q+1. The van der Waals surface area contributed by atoms with Gasteiger partial charge in [-0.25, -0.2) is 9.84 Å². The fraction of sp³-hybridized carbons (Fsp3) is 0. The highest BCUT2D eigenvalue weighted by atomic mass is 35.5. The third-order valence-electron chi connectivity index (χ3n) is 2.95. The van der Waals surface area contributed by atoms with Crippen LogP contribution in [0, 0.1) is 15.6 Å². The normalized spacial score (nSPS) is 10.4. The lowest BCUT2D eigenvalue weighted by atomic mass is 10.2. The molecule has 0 spiro atoms. The van der Waals surface area contributed by atoms with Gasteiger partial charge in [0.15, 0.2) is 5.52 Å². The third-order valence-corrected chi connectivity index (χ3v) is 3.84. The van der Waals surface area contributed by atoms with Crippen LogP contribution in [0.2, 0.25) is 5.02 Å². The number of thiocyanates is 1. The minimum atomic E-state index is -0.328. The molecule has 0 aliphatic carbocycles. The predicted octanol–water partition coefficient (Wildman–Crippen LogP) is 3.99. The molecule has 0 saturated heterocycles. The van der Waals surface area contributed by atoms with E-state index in [1.807, 2.05) is 5.40 Å². The van der Waals surface area contributed by atoms with Gasteiger partial charge in [-0.2, -0.15) is 5.26 Å². The molecule has 0 saturated carbocycles. The molecule has 2 aromatic carbocycles. The first kappa shape index (κ1) is 15.1. The van der Waals surface area contributed by atoms with Gasteiger partial charge in [-0.3, -0.25) is 0 Å². The predicted molar refractivity (Wildman–Crippen MR) is 83.1 cm³/mol. The summed E-state index contributed by atoms with van der Waals surface area (Å²) in [5.41, 5.74) is 0.900. The highest BCUT2D eigenvalue weighted by molar-refractivity contribution is 8.03. The number of rotatable bonds is 4. The van der Waals surface area contributed by atoms with Crippen LogP contribution in [-0.4, -0.2) is 20.4 Å². The maximum absolute atomic E-state index is 11.5. The maximum atomic E-state index is 11.5. The lowest BCUT2D eigenvalue weighted by Crippen LogP contribution is -2.00. The van der Waals surface area contributed by atoms with E-state index in [9.17, 15) is 10.1 Å². The Morgan fingerprint density at radius 1 is 1.30 bits per heavy atom. The van der Waals surface area contributed by atoms with Crippen LogP contribution in [-0.2, 0) is 0 Å². The summed E-state index contributed by atoms with van der Waals surface area (Å²) in [5.74, 6) is 0. The Balaban J connectivity index is 2.04. The number of hydrogen-bond donors (Lipinski definition) is 2. The number of nitriles is 1. The quantitative estimate of drug-likeness (QED) is 0.413. The average Bonchev–Trinajstić information content (AvgIpc) is 2.99. The summed E-state index contributed by atoms with van der Waals surface area (Å²) in [6.07, 6.45) is 0. The van der Waals surface area contributed by atoms with Crippen LogP contribution in [0.25, 0.3) is 11.0 Å². The molecule has 23 heavy (non-hydrogen) atoms. The molecule has 0 bridgehead atoms. The molecule has 0 atom stereocenters. The zero-order valence-corrected chi connectivity index (χ0v) is 12.8. The lowest BCUT2D eigenvalue weighted by Gasteiger charge is -2.06. The molecule has 0 unspecified atom stereocenters. The average molecular weight is 349 g/mol. The number of halogens is 1. The van der Waals surface area contributed by atoms with Crippen molar-refractivity contribution < 1.29 is 14.8 Å². The monoisotopic (exact) mass is 348 g/mol. The van der Waals surface area contributed by atoms with E-state index in [1.165, 1.54) is 6.07 Å². The Hall–Kier alpha value is -2.83. The molecule has 0 fully saturated rings. The largest absolute Gasteiger partial charge is 0.371 e. The van der Waals surface area contributed by atoms with Gasteiger partial charge in [-0.15, -0.1) is 0 Å². The van der Waals surface area contributed by atoms with Crippen LogP contribution < -0.4 is 5.32 Å². The van der Waals surface area contributed by atoms with Crippen LogP contribution in [0.1, 0.15) is 0 Å². The van der Waals surface area contributed by atoms with E-state index in [-0.39, 0.29) is 32.4 Å². The minimum Gasteiger partial charge on any atom is -0.350 e. The second kappa shape index (κ2) is 6.12. The van der Waals surface area contributed by atoms with Gasteiger partial charge in [0, 0.05) is 10.6 Å². The van der Waals surface area contributed by atoms with Gasteiger partial charge < -0.3 is 5.32 Å². The molecule has 114 valence electrons. The topological polar surface area (TPSA) is 115 Å². The zero-order chi connectivity index (χ0) is 16.4. The maximum Gasteiger partial charge on any atom is 0.371 e. The van der Waals surface area contributed by atoms with Crippen molar-refractivity contribution in [3.05, 3.63) is 40.3 Å². The molecule has 0 radical (unpaired) electrons. The Morgan fingerprint density at radius 3 is 2.65 bits per heavy atom. The Kier molecular flexibility index (Phi) is 4.01. The van der Waals surface area contributed by atoms with Crippen LogP contribution in [0.15, 0.2) is 39.9 Å². The number of nitrogens with one attached hydrogen (secondary N) is 1. The van der Waals surface area contributed by atoms with Crippen molar-refractivity contribution in [3.8, 4) is 5.40 Å². The van der Waals surface area contributed by atoms with E-state index >= 15 is 0 Å². The van der Waals surface area contributed by atoms with E-state index in [0.717, 1.165) is 16.7 Å². The summed E-state index contributed by atoms with van der Waals surface area (Å²) < 4.78 is 4.56. The van der Waals surface area contributed by atoms with E-state index in [0.29, 0.717) is 5.69 Å². The first-order valence-electron chi connectivity index (χ1n) is 6.14. The molecule has 3 rings (SSSR count). The number of nitrogens with zero attached hydrogens (tertiary/aromatic N) is 4. The van der Waals surface area contributed by atoms with Crippen LogP contribution in [0.3, 0.4) is 0 Å². The van der Waals surface area contributed by atoms with Crippen LogP contribution >= 0.6 is 23.4 Å². The van der Waals surface area contributed by atoms with Crippen molar-refractivity contribution in [1.29, 1.82) is 5.26 Å². The number of aromatic nitrogens is 2. The molecule has 0 aliphatic heterocycles. The van der Waals surface area contributed by atoms with Gasteiger partial charge in [0.05, 0.1) is 9.93 Å². The second-order valence-electron chi connectivity index (χ2n) is 4.33. The minimum absolute atomic E-state index is 0.0363. The van der Waals surface area contributed by atoms with Crippen molar-refractivity contribution in [1.82, 2.24) is 10.3 Å². The molecule has 10 heteroatoms. The van der Waals surface area contributed by atoms with Gasteiger partial charge in [-0.05, 0) is 52.4 Å². The Labute approximate surface area is 138 Å². The summed E-state index contributed by atoms with van der Waals surface area (Å²) >= 11 is 7.10. The van der Waals surface area contributed by atoms with Crippen molar-refractivity contribution in [3.63, 3.8) is 0 Å². The first-order valence-corrected chi connectivity index (χ1v) is 7.33. The molecule has 2 N–H and O–H groups in total. The molecule has 0 amide bonds.